The molecule has 0 saturated carbocycles. The highest BCUT2D eigenvalue weighted by atomic mass is 127. The van der Waals surface area contributed by atoms with Crippen LogP contribution in [0.4, 0.5) is 0 Å². The van der Waals surface area contributed by atoms with Gasteiger partial charge in [0.25, 0.3) is 0 Å². The fraction of sp³-hybridized carbons (Fsp3) is 0.733. The van der Waals surface area contributed by atoms with Gasteiger partial charge in [0.2, 0.25) is 0 Å². The van der Waals surface area contributed by atoms with Gasteiger partial charge in [-0.1, -0.05) is 0 Å². The highest BCUT2D eigenvalue weighted by molar-refractivity contribution is 14.0. The Labute approximate surface area is 155 Å². The zero-order valence-corrected chi connectivity index (χ0v) is 16.3. The van der Waals surface area contributed by atoms with Gasteiger partial charge in [0.15, 0.2) is 5.96 Å². The zero-order valence-electron chi connectivity index (χ0n) is 14.0. The summed E-state index contributed by atoms with van der Waals surface area (Å²) in [4.78, 5) is 4.20. The SMILES string of the molecule is CN=C(NCCCOC1CCOC1)NCCn1cc(C)cn1.I. The smallest absolute Gasteiger partial charge is 0.191 e. The fourth-order valence-electron chi connectivity index (χ4n) is 2.27. The molecule has 2 rings (SSSR count). The number of halogens is 1. The average Bonchev–Trinajstić information content (AvgIpc) is 3.17. The van der Waals surface area contributed by atoms with Crippen molar-refractivity contribution < 1.29 is 9.47 Å². The topological polar surface area (TPSA) is 72.7 Å². The molecule has 1 aromatic heterocycles. The van der Waals surface area contributed by atoms with Crippen LogP contribution in [0.2, 0.25) is 0 Å². The van der Waals surface area contributed by atoms with Crippen molar-refractivity contribution in [1.29, 1.82) is 0 Å². The number of aryl methyl sites for hydroxylation is 1. The van der Waals surface area contributed by atoms with E-state index >= 15 is 0 Å². The fourth-order valence-corrected chi connectivity index (χ4v) is 2.27. The van der Waals surface area contributed by atoms with Crippen LogP contribution in [0.15, 0.2) is 17.4 Å². The van der Waals surface area contributed by atoms with Crippen molar-refractivity contribution in [3.63, 3.8) is 0 Å². The van der Waals surface area contributed by atoms with Crippen LogP contribution in [-0.2, 0) is 16.0 Å². The minimum absolute atomic E-state index is 0. The number of aliphatic imine (C=N–C) groups is 1. The standard InChI is InChI=1S/C15H27N5O2.HI/c1-13-10-19-20(11-13)7-6-18-15(16-2)17-5-3-8-22-14-4-9-21-12-14;/h10-11,14H,3-9,12H2,1-2H3,(H2,16,17,18);1H. The lowest BCUT2D eigenvalue weighted by Gasteiger charge is -2.13. The van der Waals surface area contributed by atoms with Crippen LogP contribution in [0, 0.1) is 6.92 Å². The molecule has 0 spiro atoms. The maximum Gasteiger partial charge on any atom is 0.191 e. The van der Waals surface area contributed by atoms with Crippen molar-refractivity contribution in [2.75, 3.05) is 40.0 Å². The third-order valence-electron chi connectivity index (χ3n) is 3.47. The number of hydrogen-bond donors (Lipinski definition) is 2. The first kappa shape index (κ1) is 20.2. The molecule has 1 atom stereocenters. The van der Waals surface area contributed by atoms with Gasteiger partial charge in [-0.25, -0.2) is 0 Å². The third-order valence-corrected chi connectivity index (χ3v) is 3.47. The van der Waals surface area contributed by atoms with E-state index in [9.17, 15) is 0 Å². The van der Waals surface area contributed by atoms with Crippen LogP contribution in [-0.4, -0.2) is 61.8 Å². The van der Waals surface area contributed by atoms with Gasteiger partial charge in [0, 0.05) is 39.5 Å². The van der Waals surface area contributed by atoms with E-state index < -0.39 is 0 Å². The lowest BCUT2D eigenvalue weighted by Crippen LogP contribution is -2.39. The second kappa shape index (κ2) is 11.6. The van der Waals surface area contributed by atoms with Crippen LogP contribution in [0.3, 0.4) is 0 Å². The molecule has 1 aromatic rings. The number of ether oxygens (including phenoxy) is 2. The minimum Gasteiger partial charge on any atom is -0.379 e. The van der Waals surface area contributed by atoms with E-state index in [4.69, 9.17) is 9.47 Å². The molecule has 0 amide bonds. The first-order valence-electron chi connectivity index (χ1n) is 7.91. The van der Waals surface area contributed by atoms with Crippen LogP contribution >= 0.6 is 24.0 Å². The number of nitrogens with zero attached hydrogens (tertiary/aromatic N) is 3. The largest absolute Gasteiger partial charge is 0.379 e. The lowest BCUT2D eigenvalue weighted by molar-refractivity contribution is 0.0420. The summed E-state index contributed by atoms with van der Waals surface area (Å²) in [5, 5.41) is 10.8. The molecular weight excluding hydrogens is 409 g/mol. The predicted octanol–water partition coefficient (Wildman–Crippen LogP) is 1.17. The minimum atomic E-state index is 0. The lowest BCUT2D eigenvalue weighted by atomic mass is 10.3. The highest BCUT2D eigenvalue weighted by Crippen LogP contribution is 2.07. The summed E-state index contributed by atoms with van der Waals surface area (Å²) in [6.07, 6.45) is 6.15. The summed E-state index contributed by atoms with van der Waals surface area (Å²) in [6.45, 7) is 6.81. The van der Waals surface area contributed by atoms with E-state index in [2.05, 4.69) is 20.7 Å². The van der Waals surface area contributed by atoms with Gasteiger partial charge >= 0.3 is 0 Å². The first-order chi connectivity index (χ1) is 10.8. The Morgan fingerprint density at radius 2 is 2.30 bits per heavy atom. The second-order valence-electron chi connectivity index (χ2n) is 5.42. The van der Waals surface area contributed by atoms with E-state index in [0.29, 0.717) is 0 Å². The molecule has 1 aliphatic heterocycles. The van der Waals surface area contributed by atoms with Crippen molar-refractivity contribution >= 4 is 29.9 Å². The van der Waals surface area contributed by atoms with Gasteiger partial charge in [0.05, 0.1) is 25.5 Å². The summed E-state index contributed by atoms with van der Waals surface area (Å²) in [5.74, 6) is 0.813. The van der Waals surface area contributed by atoms with Crippen LogP contribution in [0.1, 0.15) is 18.4 Å². The molecule has 1 aliphatic rings. The Hall–Kier alpha value is -0.870. The van der Waals surface area contributed by atoms with E-state index in [-0.39, 0.29) is 30.1 Å². The summed E-state index contributed by atoms with van der Waals surface area (Å²) >= 11 is 0. The van der Waals surface area contributed by atoms with Gasteiger partial charge in [-0.15, -0.1) is 24.0 Å². The quantitative estimate of drug-likeness (QED) is 0.277. The van der Waals surface area contributed by atoms with Crippen molar-refractivity contribution in [2.45, 2.75) is 32.4 Å². The van der Waals surface area contributed by atoms with Gasteiger partial charge in [0.1, 0.15) is 0 Å². The first-order valence-corrected chi connectivity index (χ1v) is 7.91. The molecule has 23 heavy (non-hydrogen) atoms. The van der Waals surface area contributed by atoms with Crippen LogP contribution < -0.4 is 10.6 Å². The highest BCUT2D eigenvalue weighted by Gasteiger charge is 2.15. The summed E-state index contributed by atoms with van der Waals surface area (Å²) in [6, 6.07) is 0. The predicted molar refractivity (Wildman–Crippen MR) is 102 cm³/mol. The molecule has 7 nitrogen and oxygen atoms in total. The molecule has 2 heterocycles. The van der Waals surface area contributed by atoms with Crippen molar-refractivity contribution in [1.82, 2.24) is 20.4 Å². The molecule has 1 unspecified atom stereocenters. The summed E-state index contributed by atoms with van der Waals surface area (Å²) in [5.41, 5.74) is 1.18. The second-order valence-corrected chi connectivity index (χ2v) is 5.42. The molecule has 132 valence electrons. The Morgan fingerprint density at radius 1 is 1.48 bits per heavy atom. The average molecular weight is 437 g/mol. The monoisotopic (exact) mass is 437 g/mol. The number of guanidine groups is 1. The van der Waals surface area contributed by atoms with E-state index in [0.717, 1.165) is 58.3 Å². The third kappa shape index (κ3) is 7.98. The van der Waals surface area contributed by atoms with Gasteiger partial charge in [-0.05, 0) is 25.3 Å². The van der Waals surface area contributed by atoms with E-state index in [1.807, 2.05) is 24.0 Å². The summed E-state index contributed by atoms with van der Waals surface area (Å²) in [7, 11) is 1.78. The Balaban J connectivity index is 0.00000264. The Bertz CT molecular complexity index is 460. The number of nitrogens with one attached hydrogen (secondary N) is 2. The zero-order chi connectivity index (χ0) is 15.6. The number of aromatic nitrogens is 2. The van der Waals surface area contributed by atoms with Crippen molar-refractivity contribution in [3.05, 3.63) is 18.0 Å². The molecule has 0 radical (unpaired) electrons. The Morgan fingerprint density at radius 3 is 2.96 bits per heavy atom. The molecular formula is C15H28IN5O2. The van der Waals surface area contributed by atoms with Crippen molar-refractivity contribution in [2.24, 2.45) is 4.99 Å². The van der Waals surface area contributed by atoms with E-state index in [1.165, 1.54) is 5.56 Å². The number of hydrogen-bond acceptors (Lipinski definition) is 4. The Kier molecular flexibility index (Phi) is 10.2. The summed E-state index contributed by atoms with van der Waals surface area (Å²) < 4.78 is 12.9. The molecule has 0 aromatic carbocycles. The van der Waals surface area contributed by atoms with Gasteiger partial charge < -0.3 is 20.1 Å². The maximum atomic E-state index is 5.72. The normalized spacial score (nSPS) is 17.8. The molecule has 0 bridgehead atoms. The molecule has 8 heteroatoms. The maximum absolute atomic E-state index is 5.72. The molecule has 0 aliphatic carbocycles. The van der Waals surface area contributed by atoms with Crippen LogP contribution in [0.25, 0.3) is 0 Å². The molecule has 2 N–H and O–H groups in total. The van der Waals surface area contributed by atoms with Gasteiger partial charge in [-0.2, -0.15) is 5.10 Å². The van der Waals surface area contributed by atoms with E-state index in [1.54, 1.807) is 7.05 Å². The van der Waals surface area contributed by atoms with Crippen LogP contribution in [0.5, 0.6) is 0 Å². The number of rotatable bonds is 8. The molecule has 1 fully saturated rings. The molecule has 1 saturated heterocycles. The van der Waals surface area contributed by atoms with Crippen molar-refractivity contribution in [3.8, 4) is 0 Å². The van der Waals surface area contributed by atoms with Gasteiger partial charge in [-0.3, -0.25) is 9.67 Å².